The van der Waals surface area contributed by atoms with Crippen molar-refractivity contribution < 1.29 is 14.3 Å². The summed E-state index contributed by atoms with van der Waals surface area (Å²) in [5, 5.41) is 3.33. The number of ether oxygens (including phenoxy) is 2. The molecule has 1 N–H and O–H groups in total. The largest absolute Gasteiger partial charge is 0.376 e. The van der Waals surface area contributed by atoms with E-state index in [1.165, 1.54) is 11.1 Å². The number of anilines is 1. The highest BCUT2D eigenvalue weighted by Crippen LogP contribution is 2.31. The van der Waals surface area contributed by atoms with Gasteiger partial charge in [0.05, 0.1) is 25.9 Å². The summed E-state index contributed by atoms with van der Waals surface area (Å²) in [6.07, 6.45) is 1.43. The summed E-state index contributed by atoms with van der Waals surface area (Å²) in [7, 11) is 3.78. The Kier molecular flexibility index (Phi) is 4.24. The number of aryl methyl sites for hydroxylation is 1. The summed E-state index contributed by atoms with van der Waals surface area (Å²) in [6.45, 7) is 1.93. The summed E-state index contributed by atoms with van der Waals surface area (Å²) in [5.41, 5.74) is 3.44. The molecule has 2 unspecified atom stereocenters. The van der Waals surface area contributed by atoms with Crippen molar-refractivity contribution in [1.29, 1.82) is 0 Å². The van der Waals surface area contributed by atoms with Crippen molar-refractivity contribution in [3.63, 3.8) is 0 Å². The number of carbonyl (C=O) groups is 1. The predicted molar refractivity (Wildman–Crippen MR) is 80.5 cm³/mol. The molecule has 0 radical (unpaired) electrons. The number of fused-ring (bicyclic) bond motifs is 1. The van der Waals surface area contributed by atoms with Crippen LogP contribution in [0.15, 0.2) is 18.2 Å². The minimum Gasteiger partial charge on any atom is -0.376 e. The van der Waals surface area contributed by atoms with Crippen molar-refractivity contribution in [2.45, 2.75) is 25.0 Å². The molecule has 0 saturated carbocycles. The van der Waals surface area contributed by atoms with Crippen LogP contribution in [0.1, 0.15) is 23.6 Å². The normalized spacial score (nSPS) is 23.8. The smallest absolute Gasteiger partial charge is 0.227 e. The van der Waals surface area contributed by atoms with Gasteiger partial charge in [-0.25, -0.2) is 0 Å². The first kappa shape index (κ1) is 14.5. The third kappa shape index (κ3) is 2.81. The molecule has 1 amide bonds. The Labute approximate surface area is 125 Å². The standard InChI is InChI=1S/C16H22N2O3/c1-17-16(14-10-20-7-8-21-14)12-3-5-13-11(9-12)4-6-15(19)18(13)2/h3,5,9,14,16-17H,4,6-8,10H2,1-2H3. The van der Waals surface area contributed by atoms with Gasteiger partial charge in [-0.2, -0.15) is 0 Å². The SMILES string of the molecule is CNC(c1ccc2c(c1)CCC(=O)N2C)C1COCCO1. The molecule has 1 aromatic rings. The Morgan fingerprint density at radius 1 is 1.33 bits per heavy atom. The van der Waals surface area contributed by atoms with Gasteiger partial charge in [-0.15, -0.1) is 0 Å². The number of likely N-dealkylation sites (N-methyl/N-ethyl adjacent to an activating group) is 1. The zero-order valence-electron chi connectivity index (χ0n) is 12.6. The molecule has 5 nitrogen and oxygen atoms in total. The van der Waals surface area contributed by atoms with E-state index in [1.54, 1.807) is 4.90 Å². The number of nitrogens with zero attached hydrogens (tertiary/aromatic N) is 1. The molecule has 21 heavy (non-hydrogen) atoms. The highest BCUT2D eigenvalue weighted by Gasteiger charge is 2.27. The topological polar surface area (TPSA) is 50.8 Å². The van der Waals surface area contributed by atoms with Gasteiger partial charge in [0.1, 0.15) is 6.10 Å². The van der Waals surface area contributed by atoms with Crippen LogP contribution in [-0.2, 0) is 20.7 Å². The van der Waals surface area contributed by atoms with Crippen molar-refractivity contribution in [3.05, 3.63) is 29.3 Å². The van der Waals surface area contributed by atoms with Crippen LogP contribution < -0.4 is 10.2 Å². The molecular weight excluding hydrogens is 268 g/mol. The average molecular weight is 290 g/mol. The summed E-state index contributed by atoms with van der Waals surface area (Å²) >= 11 is 0. The maximum absolute atomic E-state index is 11.8. The van der Waals surface area contributed by atoms with Gasteiger partial charge in [0.15, 0.2) is 0 Å². The maximum Gasteiger partial charge on any atom is 0.227 e. The van der Waals surface area contributed by atoms with Gasteiger partial charge in [-0.3, -0.25) is 4.79 Å². The first-order valence-corrected chi connectivity index (χ1v) is 7.46. The molecule has 3 rings (SSSR count). The molecule has 0 aromatic heterocycles. The van der Waals surface area contributed by atoms with E-state index < -0.39 is 0 Å². The number of hydrogen-bond acceptors (Lipinski definition) is 4. The Bertz CT molecular complexity index is 526. The molecule has 5 heteroatoms. The number of rotatable bonds is 3. The molecule has 1 saturated heterocycles. The minimum absolute atomic E-state index is 0.0322. The first-order chi connectivity index (χ1) is 10.2. The van der Waals surface area contributed by atoms with Crippen molar-refractivity contribution in [2.24, 2.45) is 0 Å². The van der Waals surface area contributed by atoms with Crippen LogP contribution in [0.5, 0.6) is 0 Å². The maximum atomic E-state index is 11.8. The molecule has 2 atom stereocenters. The summed E-state index contributed by atoms with van der Waals surface area (Å²) < 4.78 is 11.3. The Morgan fingerprint density at radius 3 is 2.90 bits per heavy atom. The lowest BCUT2D eigenvalue weighted by molar-refractivity contribution is -0.118. The molecule has 0 bridgehead atoms. The van der Waals surface area contributed by atoms with E-state index in [-0.39, 0.29) is 18.1 Å². The van der Waals surface area contributed by atoms with Crippen LogP contribution in [-0.4, -0.2) is 45.9 Å². The number of benzene rings is 1. The van der Waals surface area contributed by atoms with Crippen LogP contribution >= 0.6 is 0 Å². The van der Waals surface area contributed by atoms with E-state index >= 15 is 0 Å². The highest BCUT2D eigenvalue weighted by atomic mass is 16.6. The van der Waals surface area contributed by atoms with E-state index in [9.17, 15) is 4.79 Å². The molecule has 1 aromatic carbocycles. The van der Waals surface area contributed by atoms with E-state index in [4.69, 9.17) is 9.47 Å². The number of hydrogen-bond donors (Lipinski definition) is 1. The Balaban J connectivity index is 1.86. The second kappa shape index (κ2) is 6.13. The van der Waals surface area contributed by atoms with Gasteiger partial charge < -0.3 is 19.7 Å². The molecule has 2 aliphatic rings. The van der Waals surface area contributed by atoms with Gasteiger partial charge in [0, 0.05) is 19.2 Å². The number of nitrogens with one attached hydrogen (secondary N) is 1. The summed E-state index contributed by atoms with van der Waals surface area (Å²) in [6, 6.07) is 6.42. The van der Waals surface area contributed by atoms with E-state index in [1.807, 2.05) is 20.2 Å². The van der Waals surface area contributed by atoms with Gasteiger partial charge in [-0.05, 0) is 30.7 Å². The molecule has 0 aliphatic carbocycles. The van der Waals surface area contributed by atoms with Gasteiger partial charge in [0.2, 0.25) is 5.91 Å². The monoisotopic (exact) mass is 290 g/mol. The van der Waals surface area contributed by atoms with Crippen LogP contribution in [0.3, 0.4) is 0 Å². The van der Waals surface area contributed by atoms with Crippen LogP contribution in [0.4, 0.5) is 5.69 Å². The Morgan fingerprint density at radius 2 is 2.19 bits per heavy atom. The van der Waals surface area contributed by atoms with E-state index in [2.05, 4.69) is 17.4 Å². The zero-order valence-corrected chi connectivity index (χ0v) is 12.6. The molecule has 0 spiro atoms. The summed E-state index contributed by atoms with van der Waals surface area (Å²) in [5.74, 6) is 0.185. The molecular formula is C16H22N2O3. The fraction of sp³-hybridized carbons (Fsp3) is 0.562. The molecule has 2 aliphatic heterocycles. The average Bonchev–Trinajstić information content (AvgIpc) is 2.53. The molecule has 114 valence electrons. The van der Waals surface area contributed by atoms with Gasteiger partial charge in [0.25, 0.3) is 0 Å². The Hall–Kier alpha value is -1.43. The molecule has 2 heterocycles. The predicted octanol–water partition coefficient (Wildman–Crippen LogP) is 1.27. The lowest BCUT2D eigenvalue weighted by Crippen LogP contribution is -2.39. The fourth-order valence-corrected chi connectivity index (χ4v) is 3.14. The van der Waals surface area contributed by atoms with Crippen LogP contribution in [0, 0.1) is 0 Å². The van der Waals surface area contributed by atoms with Crippen LogP contribution in [0.25, 0.3) is 0 Å². The highest BCUT2D eigenvalue weighted by molar-refractivity contribution is 5.95. The van der Waals surface area contributed by atoms with E-state index in [0.29, 0.717) is 26.2 Å². The second-order valence-electron chi connectivity index (χ2n) is 5.59. The fourth-order valence-electron chi connectivity index (χ4n) is 3.14. The lowest BCUT2D eigenvalue weighted by Gasteiger charge is -2.32. The van der Waals surface area contributed by atoms with Crippen molar-refractivity contribution in [3.8, 4) is 0 Å². The van der Waals surface area contributed by atoms with Gasteiger partial charge in [-0.1, -0.05) is 12.1 Å². The lowest BCUT2D eigenvalue weighted by atomic mass is 9.94. The van der Waals surface area contributed by atoms with Gasteiger partial charge >= 0.3 is 0 Å². The second-order valence-corrected chi connectivity index (χ2v) is 5.59. The first-order valence-electron chi connectivity index (χ1n) is 7.46. The third-order valence-corrected chi connectivity index (χ3v) is 4.33. The minimum atomic E-state index is 0.0322. The molecule has 1 fully saturated rings. The third-order valence-electron chi connectivity index (χ3n) is 4.33. The van der Waals surface area contributed by atoms with Crippen molar-refractivity contribution in [2.75, 3.05) is 38.8 Å². The van der Waals surface area contributed by atoms with Crippen molar-refractivity contribution >= 4 is 11.6 Å². The quantitative estimate of drug-likeness (QED) is 0.911. The number of carbonyl (C=O) groups excluding carboxylic acids is 1. The van der Waals surface area contributed by atoms with E-state index in [0.717, 1.165) is 12.1 Å². The summed E-state index contributed by atoms with van der Waals surface area (Å²) in [4.78, 5) is 13.5. The van der Waals surface area contributed by atoms with Crippen molar-refractivity contribution in [1.82, 2.24) is 5.32 Å². The van der Waals surface area contributed by atoms with Crippen LogP contribution in [0.2, 0.25) is 0 Å². The zero-order chi connectivity index (χ0) is 14.8. The number of amides is 1.